The molecule has 7 nitrogen and oxygen atoms in total. The average Bonchev–Trinajstić information content (AvgIpc) is 4.34. The van der Waals surface area contributed by atoms with E-state index in [2.05, 4.69) is 221 Å². The lowest BCUT2D eigenvalue weighted by molar-refractivity contribution is 0.669. The van der Waals surface area contributed by atoms with Crippen LogP contribution >= 0.6 is 0 Å². The van der Waals surface area contributed by atoms with Crippen LogP contribution in [0.5, 0.6) is 0 Å². The van der Waals surface area contributed by atoms with E-state index in [4.69, 9.17) is 23.8 Å². The highest BCUT2D eigenvalue weighted by molar-refractivity contribution is 6.19. The van der Waals surface area contributed by atoms with Crippen LogP contribution in [0.1, 0.15) is 0 Å². The molecule has 11 aromatic carbocycles. The van der Waals surface area contributed by atoms with Crippen molar-refractivity contribution < 1.29 is 8.83 Å². The number of aromatic nitrogens is 5. The number of benzene rings is 11. The standard InChI is InChI=1S/C69H41N5O2/c1-5-17-42(18-6-1)67-70-68(43-19-7-2-8-20-43)72-69(71-67)58-36-44(45-30-33-63-54(35-45)56-38-52-50-25-13-15-27-59(50)73(47-21-9-3-10-22-47)61(52)40-65(56)75-63)29-32-49(58)46-31-34-64-55(37-46)57-39-53-51-26-14-16-28-60(51)74(48-23-11-4-12-24-48)62(53)41-66(57)76-64/h1-41H. The molecule has 5 heterocycles. The van der Waals surface area contributed by atoms with E-state index in [9.17, 15) is 0 Å². The normalized spacial score (nSPS) is 11.9. The van der Waals surface area contributed by atoms with E-state index in [0.29, 0.717) is 17.5 Å². The van der Waals surface area contributed by atoms with Crippen LogP contribution in [-0.4, -0.2) is 24.1 Å². The first-order chi connectivity index (χ1) is 37.6. The molecule has 0 atom stereocenters. The average molecular weight is 972 g/mol. The Bertz CT molecular complexity index is 4920. The minimum Gasteiger partial charge on any atom is -0.456 e. The number of nitrogens with zero attached hydrogens (tertiary/aromatic N) is 5. The molecular weight excluding hydrogens is 931 g/mol. The zero-order valence-corrected chi connectivity index (χ0v) is 40.7. The van der Waals surface area contributed by atoms with Crippen molar-refractivity contribution in [3.63, 3.8) is 0 Å². The number of fused-ring (bicyclic) bond motifs is 12. The summed E-state index contributed by atoms with van der Waals surface area (Å²) in [6.07, 6.45) is 0. The summed E-state index contributed by atoms with van der Waals surface area (Å²) < 4.78 is 18.1. The lowest BCUT2D eigenvalue weighted by Crippen LogP contribution is -2.01. The molecule has 5 aromatic heterocycles. The van der Waals surface area contributed by atoms with E-state index >= 15 is 0 Å². The summed E-state index contributed by atoms with van der Waals surface area (Å²) in [4.78, 5) is 15.7. The Balaban J connectivity index is 0.900. The summed E-state index contributed by atoms with van der Waals surface area (Å²) in [6.45, 7) is 0. The predicted molar refractivity (Wildman–Crippen MR) is 310 cm³/mol. The highest BCUT2D eigenvalue weighted by atomic mass is 16.3. The molecule has 0 aliphatic carbocycles. The third kappa shape index (κ3) is 6.59. The fourth-order valence-corrected chi connectivity index (χ4v) is 11.6. The van der Waals surface area contributed by atoms with E-state index in [0.717, 1.165) is 116 Å². The van der Waals surface area contributed by atoms with E-state index in [1.807, 2.05) is 36.4 Å². The first kappa shape index (κ1) is 42.2. The van der Waals surface area contributed by atoms with Crippen molar-refractivity contribution >= 4 is 87.5 Å². The summed E-state index contributed by atoms with van der Waals surface area (Å²) >= 11 is 0. The predicted octanol–water partition coefficient (Wildman–Crippen LogP) is 18.2. The van der Waals surface area contributed by atoms with Gasteiger partial charge in [0.25, 0.3) is 0 Å². The van der Waals surface area contributed by atoms with Crippen LogP contribution < -0.4 is 0 Å². The molecule has 0 unspecified atom stereocenters. The monoisotopic (exact) mass is 971 g/mol. The van der Waals surface area contributed by atoms with Crippen LogP contribution in [0.2, 0.25) is 0 Å². The van der Waals surface area contributed by atoms with Crippen LogP contribution in [0.15, 0.2) is 258 Å². The second-order valence-corrected chi connectivity index (χ2v) is 19.5. The van der Waals surface area contributed by atoms with E-state index in [1.54, 1.807) is 0 Å². The highest BCUT2D eigenvalue weighted by Gasteiger charge is 2.22. The Morgan fingerprint density at radius 1 is 0.237 bits per heavy atom. The Kier molecular flexibility index (Phi) is 9.20. The Labute approximate surface area is 434 Å². The molecule has 16 aromatic rings. The fraction of sp³-hybridized carbons (Fsp3) is 0. The second-order valence-electron chi connectivity index (χ2n) is 19.5. The van der Waals surface area contributed by atoms with Gasteiger partial charge in [-0.3, -0.25) is 0 Å². The minimum atomic E-state index is 0.573. The summed E-state index contributed by atoms with van der Waals surface area (Å²) in [7, 11) is 0. The molecule has 7 heteroatoms. The van der Waals surface area contributed by atoms with Crippen LogP contribution in [0.4, 0.5) is 0 Å². The van der Waals surface area contributed by atoms with Gasteiger partial charge in [-0.15, -0.1) is 0 Å². The van der Waals surface area contributed by atoms with Crippen molar-refractivity contribution in [2.24, 2.45) is 0 Å². The zero-order valence-electron chi connectivity index (χ0n) is 40.7. The Hall–Kier alpha value is -10.4. The van der Waals surface area contributed by atoms with Gasteiger partial charge in [0, 0.05) is 83.3 Å². The van der Waals surface area contributed by atoms with Crippen LogP contribution in [0, 0.1) is 0 Å². The molecule has 0 radical (unpaired) electrons. The third-order valence-corrected chi connectivity index (χ3v) is 15.2. The van der Waals surface area contributed by atoms with Gasteiger partial charge < -0.3 is 18.0 Å². The maximum Gasteiger partial charge on any atom is 0.164 e. The van der Waals surface area contributed by atoms with Crippen molar-refractivity contribution in [1.82, 2.24) is 24.1 Å². The molecule has 0 fully saturated rings. The molecular formula is C69H41N5O2. The summed E-state index contributed by atoms with van der Waals surface area (Å²) in [5.74, 6) is 1.77. The zero-order chi connectivity index (χ0) is 49.8. The molecule has 0 bridgehead atoms. The van der Waals surface area contributed by atoms with Crippen molar-refractivity contribution in [3.05, 3.63) is 249 Å². The topological polar surface area (TPSA) is 74.8 Å². The molecule has 76 heavy (non-hydrogen) atoms. The number of hydrogen-bond donors (Lipinski definition) is 0. The van der Waals surface area contributed by atoms with Crippen LogP contribution in [0.3, 0.4) is 0 Å². The fourth-order valence-electron chi connectivity index (χ4n) is 11.6. The van der Waals surface area contributed by atoms with Gasteiger partial charge in [-0.2, -0.15) is 0 Å². The number of para-hydroxylation sites is 4. The summed E-state index contributed by atoms with van der Waals surface area (Å²) in [6, 6.07) is 87.4. The highest BCUT2D eigenvalue weighted by Crippen LogP contribution is 2.44. The molecule has 0 saturated carbocycles. The summed E-state index contributed by atoms with van der Waals surface area (Å²) in [5, 5.41) is 8.93. The van der Waals surface area contributed by atoms with Gasteiger partial charge >= 0.3 is 0 Å². The van der Waals surface area contributed by atoms with Crippen molar-refractivity contribution in [2.75, 3.05) is 0 Å². The molecule has 16 rings (SSSR count). The van der Waals surface area contributed by atoms with Gasteiger partial charge in [0.2, 0.25) is 0 Å². The summed E-state index contributed by atoms with van der Waals surface area (Å²) in [5.41, 5.74) is 16.8. The maximum absolute atomic E-state index is 6.73. The van der Waals surface area contributed by atoms with Crippen molar-refractivity contribution in [2.45, 2.75) is 0 Å². The van der Waals surface area contributed by atoms with Gasteiger partial charge in [0.15, 0.2) is 17.5 Å². The van der Waals surface area contributed by atoms with Gasteiger partial charge in [0.05, 0.1) is 22.1 Å². The van der Waals surface area contributed by atoms with Gasteiger partial charge in [0.1, 0.15) is 22.3 Å². The van der Waals surface area contributed by atoms with Crippen LogP contribution in [-0.2, 0) is 0 Å². The van der Waals surface area contributed by atoms with Crippen molar-refractivity contribution in [3.8, 4) is 67.8 Å². The van der Waals surface area contributed by atoms with E-state index < -0.39 is 0 Å². The SMILES string of the molecule is c1ccc(-c2nc(-c3ccccc3)nc(-c3cc(-c4ccc5oc6cc7c(cc6c5c4)c4ccccc4n7-c4ccccc4)ccc3-c3ccc4oc5cc6c(cc5c4c3)c3ccccc3n6-c3ccccc3)n2)cc1. The largest absolute Gasteiger partial charge is 0.456 e. The molecule has 0 aliphatic rings. The Morgan fingerprint density at radius 3 is 1.17 bits per heavy atom. The van der Waals surface area contributed by atoms with Gasteiger partial charge in [-0.25, -0.2) is 15.0 Å². The number of rotatable bonds is 7. The van der Waals surface area contributed by atoms with Gasteiger partial charge in [-0.1, -0.05) is 158 Å². The first-order valence-corrected chi connectivity index (χ1v) is 25.6. The van der Waals surface area contributed by atoms with Gasteiger partial charge in [-0.05, 0) is 101 Å². The lowest BCUT2D eigenvalue weighted by atomic mass is 9.93. The van der Waals surface area contributed by atoms with Crippen LogP contribution in [0.25, 0.3) is 155 Å². The van der Waals surface area contributed by atoms with Crippen molar-refractivity contribution in [1.29, 1.82) is 0 Å². The first-order valence-electron chi connectivity index (χ1n) is 25.6. The lowest BCUT2D eigenvalue weighted by Gasteiger charge is -2.14. The molecule has 0 amide bonds. The maximum atomic E-state index is 6.73. The molecule has 354 valence electrons. The number of furan rings is 2. The van der Waals surface area contributed by atoms with E-state index in [-0.39, 0.29) is 0 Å². The molecule has 0 aliphatic heterocycles. The molecule has 0 spiro atoms. The quantitative estimate of drug-likeness (QED) is 0.159. The molecule has 0 N–H and O–H groups in total. The van der Waals surface area contributed by atoms with E-state index in [1.165, 1.54) is 21.5 Å². The minimum absolute atomic E-state index is 0.573. The third-order valence-electron chi connectivity index (χ3n) is 15.2. The number of hydrogen-bond acceptors (Lipinski definition) is 5. The molecule has 0 saturated heterocycles. The second kappa shape index (κ2) is 16.6. The Morgan fingerprint density at radius 2 is 0.645 bits per heavy atom. The smallest absolute Gasteiger partial charge is 0.164 e.